The van der Waals surface area contributed by atoms with Gasteiger partial charge in [0.25, 0.3) is 0 Å². The number of carbonyl (C=O) groups excluding carboxylic acids is 2. The van der Waals surface area contributed by atoms with Crippen LogP contribution in [0.2, 0.25) is 5.02 Å². The van der Waals surface area contributed by atoms with E-state index in [0.29, 0.717) is 48.1 Å². The minimum atomic E-state index is -0.876. The Hall–Kier alpha value is -4.64. The van der Waals surface area contributed by atoms with Crippen molar-refractivity contribution in [3.05, 3.63) is 88.5 Å². The van der Waals surface area contributed by atoms with Crippen molar-refractivity contribution in [2.75, 3.05) is 17.2 Å². The molecule has 1 fully saturated rings. The molecule has 9 nitrogen and oxygen atoms in total. The number of benzene rings is 2. The molecule has 2 unspecified atom stereocenters. The average Bonchev–Trinajstić information content (AvgIpc) is 3.79. The van der Waals surface area contributed by atoms with Gasteiger partial charge in [0.1, 0.15) is 5.82 Å². The Kier molecular flexibility index (Phi) is 8.02. The van der Waals surface area contributed by atoms with Crippen molar-refractivity contribution < 1.29 is 22.8 Å². The van der Waals surface area contributed by atoms with Gasteiger partial charge in [-0.25, -0.2) is 8.78 Å². The molecule has 12 heteroatoms. The van der Waals surface area contributed by atoms with E-state index in [9.17, 15) is 18.4 Å². The molecule has 4 heterocycles. The fourth-order valence-corrected chi connectivity index (χ4v) is 6.29. The molecule has 46 heavy (non-hydrogen) atoms. The van der Waals surface area contributed by atoms with Gasteiger partial charge >= 0.3 is 6.01 Å². The van der Waals surface area contributed by atoms with Gasteiger partial charge in [-0.3, -0.25) is 14.6 Å². The molecule has 0 radical (unpaired) electrons. The Morgan fingerprint density at radius 2 is 1.89 bits per heavy atom. The van der Waals surface area contributed by atoms with E-state index >= 15 is 0 Å². The lowest BCUT2D eigenvalue weighted by molar-refractivity contribution is -0.129. The lowest BCUT2D eigenvalue weighted by Gasteiger charge is -2.34. The summed E-state index contributed by atoms with van der Waals surface area (Å²) in [7, 11) is 0. The molecule has 236 valence electrons. The van der Waals surface area contributed by atoms with Crippen LogP contribution < -0.4 is 10.6 Å². The lowest BCUT2D eigenvalue weighted by atomic mass is 9.92. The van der Waals surface area contributed by atoms with Crippen molar-refractivity contribution in [1.82, 2.24) is 20.1 Å². The maximum Gasteiger partial charge on any atom is 0.320 e. The van der Waals surface area contributed by atoms with Crippen molar-refractivity contribution in [2.45, 2.75) is 57.4 Å². The highest BCUT2D eigenvalue weighted by Gasteiger charge is 2.32. The van der Waals surface area contributed by atoms with Crippen LogP contribution in [0.1, 0.15) is 74.6 Å². The SMILES string of the molecule is CC1CCCC(N2CCC(c3c(F)ccc(Cl)c3F)=CC2=O)c2cc(ccn2)-c2ccc(Nc3nnc(C4CC4)o3)cc2NC1=O. The van der Waals surface area contributed by atoms with Crippen LogP contribution >= 0.6 is 11.6 Å². The summed E-state index contributed by atoms with van der Waals surface area (Å²) in [6.07, 6.45) is 7.12. The molecule has 2 N–H and O–H groups in total. The predicted octanol–water partition coefficient (Wildman–Crippen LogP) is 7.80. The van der Waals surface area contributed by atoms with Gasteiger partial charge in [0.2, 0.25) is 17.7 Å². The summed E-state index contributed by atoms with van der Waals surface area (Å²) in [5.41, 5.74) is 3.54. The third kappa shape index (κ3) is 5.99. The zero-order chi connectivity index (χ0) is 31.9. The van der Waals surface area contributed by atoms with Crippen molar-refractivity contribution in [3.63, 3.8) is 0 Å². The molecule has 4 aromatic rings. The van der Waals surface area contributed by atoms with Crippen LogP contribution in [-0.2, 0) is 9.59 Å². The van der Waals surface area contributed by atoms with Gasteiger partial charge in [-0.05, 0) is 79.6 Å². The first-order valence-corrected chi connectivity index (χ1v) is 15.8. The van der Waals surface area contributed by atoms with E-state index in [0.717, 1.165) is 36.1 Å². The summed E-state index contributed by atoms with van der Waals surface area (Å²) < 4.78 is 35.2. The van der Waals surface area contributed by atoms with E-state index in [-0.39, 0.29) is 52.9 Å². The fraction of sp³-hybridized carbons (Fsp3) is 0.324. The molecule has 2 bridgehead atoms. The molecule has 2 aliphatic heterocycles. The zero-order valence-corrected chi connectivity index (χ0v) is 25.8. The number of rotatable bonds is 5. The smallest absolute Gasteiger partial charge is 0.320 e. The van der Waals surface area contributed by atoms with Crippen LogP contribution in [0.25, 0.3) is 16.7 Å². The molecule has 1 aliphatic carbocycles. The highest BCUT2D eigenvalue weighted by Crippen LogP contribution is 2.41. The Morgan fingerprint density at radius 3 is 2.70 bits per heavy atom. The van der Waals surface area contributed by atoms with Crippen LogP contribution in [-0.4, -0.2) is 38.4 Å². The summed E-state index contributed by atoms with van der Waals surface area (Å²) in [6.45, 7) is 2.12. The molecule has 2 aromatic carbocycles. The lowest BCUT2D eigenvalue weighted by Crippen LogP contribution is -2.38. The quantitative estimate of drug-likeness (QED) is 0.213. The number of pyridine rings is 1. The van der Waals surface area contributed by atoms with Gasteiger partial charge in [0, 0.05) is 41.9 Å². The molecule has 3 aliphatic rings. The first kappa shape index (κ1) is 30.0. The maximum absolute atomic E-state index is 14.8. The molecule has 1 saturated carbocycles. The average molecular weight is 645 g/mol. The highest BCUT2D eigenvalue weighted by atomic mass is 35.5. The monoisotopic (exact) mass is 644 g/mol. The van der Waals surface area contributed by atoms with Gasteiger partial charge in [-0.2, -0.15) is 0 Å². The number of fused-ring (bicyclic) bond motifs is 4. The Labute approximate surface area is 269 Å². The van der Waals surface area contributed by atoms with Crippen LogP contribution in [0.3, 0.4) is 0 Å². The maximum atomic E-state index is 14.8. The van der Waals surface area contributed by atoms with Crippen LogP contribution in [0.15, 0.2) is 59.2 Å². The van der Waals surface area contributed by atoms with E-state index in [2.05, 4.69) is 25.8 Å². The van der Waals surface area contributed by atoms with E-state index < -0.39 is 17.7 Å². The van der Waals surface area contributed by atoms with Gasteiger partial charge in [0.05, 0.1) is 28.0 Å². The van der Waals surface area contributed by atoms with Crippen molar-refractivity contribution >= 4 is 46.4 Å². The van der Waals surface area contributed by atoms with Gasteiger partial charge in [-0.1, -0.05) is 36.1 Å². The standard InChI is InChI=1S/C34H31ClF2N6O3/c1-18-3-2-4-28(43-14-12-21(16-29(43)44)30-25(36)10-9-24(35)31(30)37)27-15-20(11-13-38-27)23-8-7-22(17-26(23)40-32(18)45)39-34-42-41-33(46-34)19-5-6-19/h7-11,13,15-19,28H,2-6,12,14H2,1H3,(H,39,42)(H,40,45). The molecule has 2 atom stereocenters. The highest BCUT2D eigenvalue weighted by molar-refractivity contribution is 6.31. The van der Waals surface area contributed by atoms with Crippen LogP contribution in [0, 0.1) is 17.6 Å². The molecule has 2 amide bonds. The number of hydrogen-bond donors (Lipinski definition) is 2. The number of anilines is 3. The van der Waals surface area contributed by atoms with E-state index in [1.165, 1.54) is 6.08 Å². The fourth-order valence-electron chi connectivity index (χ4n) is 6.13. The first-order chi connectivity index (χ1) is 22.2. The van der Waals surface area contributed by atoms with E-state index in [1.54, 1.807) is 11.1 Å². The number of carbonyl (C=O) groups is 2. The van der Waals surface area contributed by atoms with Crippen molar-refractivity contribution in [1.29, 1.82) is 0 Å². The number of nitrogens with zero attached hydrogens (tertiary/aromatic N) is 4. The Bertz CT molecular complexity index is 1870. The number of aromatic nitrogens is 3. The van der Waals surface area contributed by atoms with Crippen LogP contribution in [0.5, 0.6) is 0 Å². The molecule has 7 rings (SSSR count). The molecular formula is C34H31ClF2N6O3. The Morgan fingerprint density at radius 1 is 1.04 bits per heavy atom. The van der Waals surface area contributed by atoms with Crippen molar-refractivity contribution in [3.8, 4) is 11.1 Å². The second-order valence-electron chi connectivity index (χ2n) is 12.1. The molecule has 0 spiro atoms. The zero-order valence-electron chi connectivity index (χ0n) is 25.0. The van der Waals surface area contributed by atoms with Gasteiger partial charge in [-0.15, -0.1) is 5.10 Å². The minimum absolute atomic E-state index is 0.120. The molecular weight excluding hydrogens is 614 g/mol. The van der Waals surface area contributed by atoms with Crippen molar-refractivity contribution in [2.24, 2.45) is 5.92 Å². The third-order valence-electron chi connectivity index (χ3n) is 8.84. The number of halogens is 3. The minimum Gasteiger partial charge on any atom is -0.408 e. The van der Waals surface area contributed by atoms with E-state index in [1.807, 2.05) is 37.3 Å². The predicted molar refractivity (Wildman–Crippen MR) is 169 cm³/mol. The summed E-state index contributed by atoms with van der Waals surface area (Å²) >= 11 is 5.92. The van der Waals surface area contributed by atoms with Gasteiger partial charge in [0.15, 0.2) is 5.82 Å². The number of amides is 2. The molecule has 0 saturated heterocycles. The second kappa shape index (κ2) is 12.3. The summed E-state index contributed by atoms with van der Waals surface area (Å²) in [6, 6.07) is 11.5. The number of nitrogens with one attached hydrogen (secondary N) is 2. The van der Waals surface area contributed by atoms with E-state index in [4.69, 9.17) is 16.0 Å². The normalized spacial score (nSPS) is 20.3. The summed E-state index contributed by atoms with van der Waals surface area (Å²) in [5.74, 6) is -1.47. The molecule has 2 aromatic heterocycles. The first-order valence-electron chi connectivity index (χ1n) is 15.4. The second-order valence-corrected chi connectivity index (χ2v) is 12.5. The Balaban J connectivity index is 1.21. The van der Waals surface area contributed by atoms with Gasteiger partial charge < -0.3 is 20.0 Å². The summed E-state index contributed by atoms with van der Waals surface area (Å²) in [4.78, 5) is 33.2. The van der Waals surface area contributed by atoms with Crippen LogP contribution in [0.4, 0.5) is 26.2 Å². The summed E-state index contributed by atoms with van der Waals surface area (Å²) in [5, 5.41) is 14.3. The topological polar surface area (TPSA) is 113 Å². The number of hydrogen-bond acceptors (Lipinski definition) is 7. The third-order valence-corrected chi connectivity index (χ3v) is 9.13. The largest absolute Gasteiger partial charge is 0.408 e.